The largest absolute Gasteiger partial charge is 0.337 e. The number of likely N-dealkylation sites (tertiary alicyclic amines) is 1. The lowest BCUT2D eigenvalue weighted by Crippen LogP contribution is -2.32. The third-order valence-electron chi connectivity index (χ3n) is 2.75. The van der Waals surface area contributed by atoms with Gasteiger partial charge in [-0.3, -0.25) is 4.79 Å². The lowest BCUT2D eigenvalue weighted by atomic mass is 10.2. The van der Waals surface area contributed by atoms with E-state index in [9.17, 15) is 13.6 Å². The maximum Gasteiger partial charge on any atom is 0.256 e. The van der Waals surface area contributed by atoms with Crippen molar-refractivity contribution in [3.63, 3.8) is 0 Å². The van der Waals surface area contributed by atoms with Gasteiger partial charge < -0.3 is 10.6 Å². The van der Waals surface area contributed by atoms with Crippen molar-refractivity contribution in [1.82, 2.24) is 4.90 Å². The normalized spacial score (nSPS) is 19.8. The third kappa shape index (κ3) is 2.40. The first-order chi connectivity index (χ1) is 7.99. The topological polar surface area (TPSA) is 46.3 Å². The third-order valence-corrected chi connectivity index (χ3v) is 3.04. The van der Waals surface area contributed by atoms with Crippen LogP contribution in [0.5, 0.6) is 0 Å². The van der Waals surface area contributed by atoms with Gasteiger partial charge in [-0.15, -0.1) is 0 Å². The van der Waals surface area contributed by atoms with Gasteiger partial charge in [-0.25, -0.2) is 8.78 Å². The second-order valence-electron chi connectivity index (χ2n) is 4.05. The van der Waals surface area contributed by atoms with Gasteiger partial charge in [0.15, 0.2) is 0 Å². The molecule has 0 unspecified atom stereocenters. The number of carbonyl (C=O) groups is 1. The molecule has 92 valence electrons. The van der Waals surface area contributed by atoms with Gasteiger partial charge in [0, 0.05) is 19.1 Å². The van der Waals surface area contributed by atoms with Crippen LogP contribution in [0.25, 0.3) is 0 Å². The highest BCUT2D eigenvalue weighted by Gasteiger charge is 2.27. The number of hydrogen-bond donors (Lipinski definition) is 1. The fraction of sp³-hybridized carbons (Fsp3) is 0.364. The predicted molar refractivity (Wildman–Crippen MR) is 59.9 cm³/mol. The van der Waals surface area contributed by atoms with Crippen LogP contribution in [-0.4, -0.2) is 29.9 Å². The smallest absolute Gasteiger partial charge is 0.256 e. The van der Waals surface area contributed by atoms with Gasteiger partial charge in [0.05, 0.1) is 10.6 Å². The molecule has 1 aromatic carbocycles. The van der Waals surface area contributed by atoms with E-state index in [2.05, 4.69) is 0 Å². The molecule has 3 nitrogen and oxygen atoms in total. The Labute approximate surface area is 102 Å². The van der Waals surface area contributed by atoms with Crippen LogP contribution >= 0.6 is 11.6 Å². The first-order valence-electron chi connectivity index (χ1n) is 5.18. The molecule has 1 aliphatic rings. The van der Waals surface area contributed by atoms with E-state index >= 15 is 0 Å². The van der Waals surface area contributed by atoms with Gasteiger partial charge in [-0.2, -0.15) is 0 Å². The Bertz CT molecular complexity index is 467. The second kappa shape index (κ2) is 4.58. The number of nitrogens with zero attached hydrogens (tertiary/aromatic N) is 1. The van der Waals surface area contributed by atoms with Crippen LogP contribution in [-0.2, 0) is 0 Å². The van der Waals surface area contributed by atoms with Crippen molar-refractivity contribution in [2.45, 2.75) is 12.5 Å². The number of amides is 1. The highest BCUT2D eigenvalue weighted by atomic mass is 35.5. The molecule has 0 aromatic heterocycles. The van der Waals surface area contributed by atoms with Crippen molar-refractivity contribution < 1.29 is 13.6 Å². The van der Waals surface area contributed by atoms with Crippen LogP contribution in [0.2, 0.25) is 5.02 Å². The standard InChI is InChI=1S/C11H11ClF2N2O/c12-8-4-9(13)7(3-10(8)14)11(17)16-2-1-6(15)5-16/h3-4,6H,1-2,5,15H2/t6-/m0/s1. The highest BCUT2D eigenvalue weighted by Crippen LogP contribution is 2.21. The van der Waals surface area contributed by atoms with E-state index in [1.54, 1.807) is 0 Å². The predicted octanol–water partition coefficient (Wildman–Crippen LogP) is 1.79. The molecule has 0 bridgehead atoms. The zero-order valence-corrected chi connectivity index (χ0v) is 9.68. The van der Waals surface area contributed by atoms with Crippen molar-refractivity contribution in [2.75, 3.05) is 13.1 Å². The molecule has 1 heterocycles. The van der Waals surface area contributed by atoms with Gasteiger partial charge >= 0.3 is 0 Å². The van der Waals surface area contributed by atoms with Crippen LogP contribution in [0.3, 0.4) is 0 Å². The van der Waals surface area contributed by atoms with Gasteiger partial charge in [-0.05, 0) is 18.6 Å². The SMILES string of the molecule is N[C@H]1CCN(C(=O)c2cc(F)c(Cl)cc2F)C1. The number of hydrogen-bond acceptors (Lipinski definition) is 2. The number of halogens is 3. The Morgan fingerprint density at radius 2 is 2.12 bits per heavy atom. The molecule has 1 atom stereocenters. The summed E-state index contributed by atoms with van der Waals surface area (Å²) in [6, 6.07) is 1.53. The minimum absolute atomic E-state index is 0.0980. The zero-order chi connectivity index (χ0) is 12.6. The summed E-state index contributed by atoms with van der Waals surface area (Å²) in [5.41, 5.74) is 5.35. The number of benzene rings is 1. The Balaban J connectivity index is 2.28. The van der Waals surface area contributed by atoms with Gasteiger partial charge in [-0.1, -0.05) is 11.6 Å². The van der Waals surface area contributed by atoms with E-state index in [-0.39, 0.29) is 16.6 Å². The molecule has 17 heavy (non-hydrogen) atoms. The Morgan fingerprint density at radius 3 is 2.71 bits per heavy atom. The van der Waals surface area contributed by atoms with Gasteiger partial charge in [0.2, 0.25) is 0 Å². The zero-order valence-electron chi connectivity index (χ0n) is 8.92. The lowest BCUT2D eigenvalue weighted by molar-refractivity contribution is 0.0785. The van der Waals surface area contributed by atoms with Crippen molar-refractivity contribution >= 4 is 17.5 Å². The van der Waals surface area contributed by atoms with E-state index in [0.717, 1.165) is 12.1 Å². The van der Waals surface area contributed by atoms with Crippen LogP contribution < -0.4 is 5.73 Å². The summed E-state index contributed by atoms with van der Waals surface area (Å²) in [4.78, 5) is 13.3. The van der Waals surface area contributed by atoms with E-state index in [1.165, 1.54) is 4.90 Å². The first-order valence-corrected chi connectivity index (χ1v) is 5.56. The van der Waals surface area contributed by atoms with Crippen molar-refractivity contribution in [1.29, 1.82) is 0 Å². The maximum atomic E-state index is 13.5. The van der Waals surface area contributed by atoms with E-state index in [1.807, 2.05) is 0 Å². The molecule has 6 heteroatoms. The number of rotatable bonds is 1. The molecule has 0 aliphatic carbocycles. The Kier molecular flexibility index (Phi) is 3.31. The number of nitrogens with two attached hydrogens (primary N) is 1. The molecule has 1 amide bonds. The molecule has 0 spiro atoms. The molecule has 1 aliphatic heterocycles. The molecular weight excluding hydrogens is 250 g/mol. The maximum absolute atomic E-state index is 13.5. The van der Waals surface area contributed by atoms with E-state index < -0.39 is 17.5 Å². The molecule has 1 saturated heterocycles. The van der Waals surface area contributed by atoms with E-state index in [4.69, 9.17) is 17.3 Å². The summed E-state index contributed by atoms with van der Waals surface area (Å²) < 4.78 is 26.7. The summed E-state index contributed by atoms with van der Waals surface area (Å²) in [7, 11) is 0. The highest BCUT2D eigenvalue weighted by molar-refractivity contribution is 6.30. The van der Waals surface area contributed by atoms with Crippen molar-refractivity contribution in [3.8, 4) is 0 Å². The molecule has 0 radical (unpaired) electrons. The van der Waals surface area contributed by atoms with Gasteiger partial charge in [0.25, 0.3) is 5.91 Å². The fourth-order valence-electron chi connectivity index (χ4n) is 1.83. The lowest BCUT2D eigenvalue weighted by Gasteiger charge is -2.16. The molecular formula is C11H11ClF2N2O. The molecule has 1 fully saturated rings. The van der Waals surface area contributed by atoms with Crippen LogP contribution in [0.15, 0.2) is 12.1 Å². The second-order valence-corrected chi connectivity index (χ2v) is 4.45. The first kappa shape index (κ1) is 12.3. The van der Waals surface area contributed by atoms with Crippen LogP contribution in [0.1, 0.15) is 16.8 Å². The summed E-state index contributed by atoms with van der Waals surface area (Å²) >= 11 is 5.41. The average Bonchev–Trinajstić information content (AvgIpc) is 2.69. The summed E-state index contributed by atoms with van der Waals surface area (Å²) in [5, 5.41) is -0.336. The van der Waals surface area contributed by atoms with Gasteiger partial charge in [0.1, 0.15) is 11.6 Å². The average molecular weight is 261 g/mol. The quantitative estimate of drug-likeness (QED) is 0.783. The molecule has 1 aromatic rings. The van der Waals surface area contributed by atoms with E-state index in [0.29, 0.717) is 19.5 Å². The molecule has 2 N–H and O–H groups in total. The Morgan fingerprint density at radius 1 is 1.41 bits per heavy atom. The van der Waals surface area contributed by atoms with Crippen LogP contribution in [0, 0.1) is 11.6 Å². The summed E-state index contributed by atoms with van der Waals surface area (Å²) in [6.07, 6.45) is 0.670. The number of carbonyl (C=O) groups excluding carboxylic acids is 1. The fourth-order valence-corrected chi connectivity index (χ4v) is 1.98. The minimum Gasteiger partial charge on any atom is -0.337 e. The summed E-state index contributed by atoms with van der Waals surface area (Å²) in [6.45, 7) is 0.826. The van der Waals surface area contributed by atoms with Crippen molar-refractivity contribution in [3.05, 3.63) is 34.4 Å². The van der Waals surface area contributed by atoms with Crippen molar-refractivity contribution in [2.24, 2.45) is 5.73 Å². The molecule has 2 rings (SSSR count). The monoisotopic (exact) mass is 260 g/mol. The molecule has 0 saturated carbocycles. The minimum atomic E-state index is -0.818. The van der Waals surface area contributed by atoms with Crippen LogP contribution in [0.4, 0.5) is 8.78 Å². The summed E-state index contributed by atoms with van der Waals surface area (Å²) in [5.74, 6) is -2.17. The Hall–Kier alpha value is -1.20.